The summed E-state index contributed by atoms with van der Waals surface area (Å²) in [5.74, 6) is 0. The number of rotatable bonds is 5. The van der Waals surface area contributed by atoms with Crippen LogP contribution in [0.15, 0.2) is 15.5 Å². The summed E-state index contributed by atoms with van der Waals surface area (Å²) < 4.78 is 6.83. The fourth-order valence-electron chi connectivity index (χ4n) is 1.33. The monoisotopic (exact) mass is 289 g/mol. The maximum Gasteiger partial charge on any atom is 0.282 e. The van der Waals surface area contributed by atoms with Gasteiger partial charge in [-0.2, -0.15) is 5.10 Å². The fraction of sp³-hybridized carbons (Fsp3) is 0.600. The van der Waals surface area contributed by atoms with Crippen LogP contribution in [0.25, 0.3) is 0 Å². The van der Waals surface area contributed by atoms with Gasteiger partial charge in [-0.15, -0.1) is 0 Å². The number of halogens is 1. The summed E-state index contributed by atoms with van der Waals surface area (Å²) in [6.07, 6.45) is 2.59. The van der Waals surface area contributed by atoms with Gasteiger partial charge in [-0.1, -0.05) is 0 Å². The van der Waals surface area contributed by atoms with E-state index in [9.17, 15) is 4.79 Å². The molecule has 90 valence electrons. The second-order valence-corrected chi connectivity index (χ2v) is 4.33. The summed E-state index contributed by atoms with van der Waals surface area (Å²) in [6, 6.07) is 0. The van der Waals surface area contributed by atoms with E-state index in [0.29, 0.717) is 11.1 Å². The Bertz CT molecular complexity index is 406. The molecule has 0 N–H and O–H groups in total. The van der Waals surface area contributed by atoms with Crippen LogP contribution in [0.1, 0.15) is 6.42 Å². The first-order valence-electron chi connectivity index (χ1n) is 4.99. The Morgan fingerprint density at radius 3 is 2.94 bits per heavy atom. The van der Waals surface area contributed by atoms with Gasteiger partial charge < -0.3 is 9.64 Å². The zero-order valence-electron chi connectivity index (χ0n) is 9.73. The lowest BCUT2D eigenvalue weighted by molar-refractivity contribution is 0.196. The van der Waals surface area contributed by atoms with E-state index >= 15 is 0 Å². The molecule has 0 bridgehead atoms. The van der Waals surface area contributed by atoms with Crippen LogP contribution in [-0.2, 0) is 11.8 Å². The molecule has 0 saturated heterocycles. The summed E-state index contributed by atoms with van der Waals surface area (Å²) in [6.45, 7) is 1.53. The first kappa shape index (κ1) is 13.2. The van der Waals surface area contributed by atoms with Crippen molar-refractivity contribution < 1.29 is 4.74 Å². The normalized spacial score (nSPS) is 10.5. The minimum atomic E-state index is -0.129. The number of aryl methyl sites for hydroxylation is 1. The van der Waals surface area contributed by atoms with Crippen LogP contribution in [-0.4, -0.2) is 37.1 Å². The number of anilines is 1. The van der Waals surface area contributed by atoms with E-state index in [1.54, 1.807) is 20.4 Å². The molecule has 1 rings (SSSR count). The molecule has 6 heteroatoms. The van der Waals surface area contributed by atoms with Crippen molar-refractivity contribution in [1.29, 1.82) is 0 Å². The molecular formula is C10H16BrN3O2. The van der Waals surface area contributed by atoms with Crippen molar-refractivity contribution in [3.8, 4) is 0 Å². The Morgan fingerprint density at radius 2 is 2.31 bits per heavy atom. The Morgan fingerprint density at radius 1 is 1.62 bits per heavy atom. The van der Waals surface area contributed by atoms with Gasteiger partial charge in [0.05, 0.1) is 11.9 Å². The van der Waals surface area contributed by atoms with Gasteiger partial charge in [0.25, 0.3) is 5.56 Å². The van der Waals surface area contributed by atoms with E-state index in [-0.39, 0.29) is 5.56 Å². The maximum atomic E-state index is 11.6. The van der Waals surface area contributed by atoms with Crippen LogP contribution < -0.4 is 10.5 Å². The summed E-state index contributed by atoms with van der Waals surface area (Å²) in [4.78, 5) is 13.6. The highest BCUT2D eigenvalue weighted by Gasteiger charge is 2.10. The van der Waals surface area contributed by atoms with E-state index in [0.717, 1.165) is 18.7 Å². The molecule has 5 nitrogen and oxygen atoms in total. The number of nitrogens with zero attached hydrogens (tertiary/aromatic N) is 3. The van der Waals surface area contributed by atoms with Crippen LogP contribution in [0.4, 0.5) is 5.69 Å². The molecule has 0 amide bonds. The molecule has 0 aliphatic carbocycles. The van der Waals surface area contributed by atoms with Crippen LogP contribution in [0.2, 0.25) is 0 Å². The number of hydrogen-bond donors (Lipinski definition) is 0. The first-order valence-corrected chi connectivity index (χ1v) is 5.79. The van der Waals surface area contributed by atoms with Gasteiger partial charge in [0.15, 0.2) is 0 Å². The summed E-state index contributed by atoms with van der Waals surface area (Å²) in [5, 5.41) is 3.99. The van der Waals surface area contributed by atoms with Gasteiger partial charge >= 0.3 is 0 Å². The zero-order chi connectivity index (χ0) is 12.1. The third-order valence-corrected chi connectivity index (χ3v) is 3.06. The molecule has 0 atom stereocenters. The van der Waals surface area contributed by atoms with Gasteiger partial charge in [0, 0.05) is 34.4 Å². The Kier molecular flexibility index (Phi) is 4.95. The third-order valence-electron chi connectivity index (χ3n) is 2.31. The number of methoxy groups -OCH3 is 1. The molecule has 0 spiro atoms. The zero-order valence-corrected chi connectivity index (χ0v) is 11.3. The fourth-order valence-corrected chi connectivity index (χ4v) is 2.00. The molecule has 0 aliphatic rings. The molecule has 0 saturated carbocycles. The Labute approximate surface area is 103 Å². The van der Waals surface area contributed by atoms with Gasteiger partial charge in [-0.25, -0.2) is 4.68 Å². The first-order chi connectivity index (χ1) is 7.57. The Balaban J connectivity index is 2.80. The van der Waals surface area contributed by atoms with Gasteiger partial charge in [0.2, 0.25) is 0 Å². The van der Waals surface area contributed by atoms with Crippen molar-refractivity contribution in [2.24, 2.45) is 7.05 Å². The predicted molar refractivity (Wildman–Crippen MR) is 66.9 cm³/mol. The molecule has 1 heterocycles. The lowest BCUT2D eigenvalue weighted by atomic mass is 10.3. The van der Waals surface area contributed by atoms with Crippen molar-refractivity contribution in [2.75, 3.05) is 32.2 Å². The summed E-state index contributed by atoms with van der Waals surface area (Å²) >= 11 is 3.29. The average molecular weight is 290 g/mol. The van der Waals surface area contributed by atoms with Crippen LogP contribution in [0, 0.1) is 0 Å². The number of ether oxygens (including phenoxy) is 1. The quantitative estimate of drug-likeness (QED) is 0.760. The molecule has 0 fully saturated rings. The molecule has 1 aromatic heterocycles. The SMILES string of the molecule is COCCCN(C)c1cnn(C)c(=O)c1Br. The second kappa shape index (κ2) is 6.00. The standard InChI is InChI=1S/C10H16BrN3O2/c1-13(5-4-6-16-3)8-7-12-14(2)10(15)9(8)11/h7H,4-6H2,1-3H3. The molecule has 0 aromatic carbocycles. The van der Waals surface area contributed by atoms with Crippen molar-refractivity contribution >= 4 is 21.6 Å². The average Bonchev–Trinajstić information content (AvgIpc) is 2.26. The van der Waals surface area contributed by atoms with E-state index in [2.05, 4.69) is 21.0 Å². The molecular weight excluding hydrogens is 274 g/mol. The predicted octanol–water partition coefficient (Wildman–Crippen LogP) is 1.02. The highest BCUT2D eigenvalue weighted by atomic mass is 79.9. The minimum Gasteiger partial charge on any atom is -0.385 e. The third kappa shape index (κ3) is 3.05. The number of aromatic nitrogens is 2. The smallest absolute Gasteiger partial charge is 0.282 e. The van der Waals surface area contributed by atoms with Gasteiger partial charge in [-0.3, -0.25) is 4.79 Å². The largest absolute Gasteiger partial charge is 0.385 e. The lowest BCUT2D eigenvalue weighted by Gasteiger charge is -2.19. The summed E-state index contributed by atoms with van der Waals surface area (Å²) in [7, 11) is 5.23. The van der Waals surface area contributed by atoms with E-state index in [4.69, 9.17) is 4.74 Å². The highest BCUT2D eigenvalue weighted by molar-refractivity contribution is 9.10. The van der Waals surface area contributed by atoms with E-state index < -0.39 is 0 Å². The molecule has 1 aromatic rings. The van der Waals surface area contributed by atoms with Crippen LogP contribution in [0.5, 0.6) is 0 Å². The molecule has 0 radical (unpaired) electrons. The van der Waals surface area contributed by atoms with Crippen molar-refractivity contribution in [2.45, 2.75) is 6.42 Å². The second-order valence-electron chi connectivity index (χ2n) is 3.54. The van der Waals surface area contributed by atoms with Crippen molar-refractivity contribution in [3.63, 3.8) is 0 Å². The van der Waals surface area contributed by atoms with Gasteiger partial charge in [0.1, 0.15) is 4.47 Å². The van der Waals surface area contributed by atoms with Gasteiger partial charge in [-0.05, 0) is 22.4 Å². The highest BCUT2D eigenvalue weighted by Crippen LogP contribution is 2.19. The van der Waals surface area contributed by atoms with Crippen LogP contribution in [0.3, 0.4) is 0 Å². The summed E-state index contributed by atoms with van der Waals surface area (Å²) in [5.41, 5.74) is 0.676. The van der Waals surface area contributed by atoms with Crippen molar-refractivity contribution in [3.05, 3.63) is 21.0 Å². The molecule has 16 heavy (non-hydrogen) atoms. The number of hydrogen-bond acceptors (Lipinski definition) is 4. The molecule has 0 unspecified atom stereocenters. The van der Waals surface area contributed by atoms with E-state index in [1.807, 2.05) is 11.9 Å². The minimum absolute atomic E-state index is 0.129. The van der Waals surface area contributed by atoms with Crippen molar-refractivity contribution in [1.82, 2.24) is 9.78 Å². The van der Waals surface area contributed by atoms with E-state index in [1.165, 1.54) is 4.68 Å². The maximum absolute atomic E-state index is 11.6. The molecule has 0 aliphatic heterocycles. The Hall–Kier alpha value is -0.880. The van der Waals surface area contributed by atoms with Crippen LogP contribution >= 0.6 is 15.9 Å². The lowest BCUT2D eigenvalue weighted by Crippen LogP contribution is -2.26. The topological polar surface area (TPSA) is 47.4 Å².